The van der Waals surface area contributed by atoms with Crippen LogP contribution in [-0.2, 0) is 0 Å². The molecule has 0 fully saturated rings. The molecule has 0 aliphatic heterocycles. The van der Waals surface area contributed by atoms with E-state index in [0.717, 1.165) is 25.7 Å². The maximum Gasteiger partial charge on any atom is 0.215 e. The van der Waals surface area contributed by atoms with Crippen LogP contribution >= 0.6 is 24.8 Å². The summed E-state index contributed by atoms with van der Waals surface area (Å²) in [6.07, 6.45) is 11.7. The van der Waals surface area contributed by atoms with Gasteiger partial charge in [-0.25, -0.2) is 0 Å². The molecule has 2 atom stereocenters. The minimum absolute atomic E-state index is 0. The molecule has 0 amide bonds. The van der Waals surface area contributed by atoms with E-state index in [1.54, 1.807) is 0 Å². The van der Waals surface area contributed by atoms with Crippen molar-refractivity contribution in [3.8, 4) is 0 Å². The van der Waals surface area contributed by atoms with Crippen molar-refractivity contribution in [2.75, 3.05) is 0 Å². The minimum Gasteiger partial charge on any atom is -0.369 e. The minimum atomic E-state index is -0.209. The lowest BCUT2D eigenvalue weighted by molar-refractivity contribution is 0.195. The lowest BCUT2D eigenvalue weighted by Gasteiger charge is -2.39. The molecule has 5 nitrogen and oxygen atoms in total. The molecule has 152 valence electrons. The third-order valence-electron chi connectivity index (χ3n) is 4.51. The van der Waals surface area contributed by atoms with Gasteiger partial charge in [-0.05, 0) is 25.7 Å². The zero-order valence-corrected chi connectivity index (χ0v) is 18.2. The lowest BCUT2D eigenvalue weighted by atomic mass is 9.98. The maximum atomic E-state index is 7.43. The van der Waals surface area contributed by atoms with Gasteiger partial charge >= 0.3 is 0 Å². The van der Waals surface area contributed by atoms with Crippen molar-refractivity contribution in [3.63, 3.8) is 0 Å². The summed E-state index contributed by atoms with van der Waals surface area (Å²) < 4.78 is 0. The lowest BCUT2D eigenvalue weighted by Crippen LogP contribution is -2.51. The Labute approximate surface area is 167 Å². The van der Waals surface area contributed by atoms with Crippen molar-refractivity contribution >= 4 is 36.7 Å². The average Bonchev–Trinajstić information content (AvgIpc) is 2.51. The van der Waals surface area contributed by atoms with E-state index in [1.807, 2.05) is 0 Å². The zero-order valence-electron chi connectivity index (χ0n) is 16.6. The van der Waals surface area contributed by atoms with Gasteiger partial charge in [-0.15, -0.1) is 24.8 Å². The van der Waals surface area contributed by atoms with Crippen molar-refractivity contribution in [1.29, 1.82) is 5.41 Å². The summed E-state index contributed by atoms with van der Waals surface area (Å²) in [5.41, 5.74) is 11.7. The van der Waals surface area contributed by atoms with Crippen molar-refractivity contribution in [2.45, 2.75) is 104 Å². The molecule has 0 rings (SSSR count). The summed E-state index contributed by atoms with van der Waals surface area (Å²) in [5.74, 6) is 0.212. The highest BCUT2D eigenvalue weighted by atomic mass is 35.5. The fraction of sp³-hybridized carbons (Fsp3) is 0.889. The highest BCUT2D eigenvalue weighted by molar-refractivity contribution is 5.92. The smallest absolute Gasteiger partial charge is 0.215 e. The van der Waals surface area contributed by atoms with Crippen molar-refractivity contribution in [3.05, 3.63) is 0 Å². The fourth-order valence-electron chi connectivity index (χ4n) is 3.19. The largest absolute Gasteiger partial charge is 0.369 e. The van der Waals surface area contributed by atoms with Crippen LogP contribution in [0.3, 0.4) is 0 Å². The predicted molar refractivity (Wildman–Crippen MR) is 116 cm³/mol. The first-order valence-corrected chi connectivity index (χ1v) is 9.48. The third-order valence-corrected chi connectivity index (χ3v) is 4.51. The van der Waals surface area contributed by atoms with E-state index < -0.39 is 0 Å². The molecule has 0 bridgehead atoms. The predicted octanol–water partition coefficient (Wildman–Crippen LogP) is 5.06. The molecular formula is C18H41Cl2N5. The SMILES string of the molecule is CCCCCC(CC)N(C(N)=NC(=N)N)C(CC)CCCCC.Cl.Cl. The number of hydrogen-bond acceptors (Lipinski definition) is 1. The summed E-state index contributed by atoms with van der Waals surface area (Å²) >= 11 is 0. The first-order chi connectivity index (χ1) is 11.0. The van der Waals surface area contributed by atoms with Gasteiger partial charge in [-0.2, -0.15) is 4.99 Å². The Balaban J connectivity index is -0.00000242. The second-order valence-corrected chi connectivity index (χ2v) is 6.38. The molecule has 0 aromatic rings. The summed E-state index contributed by atoms with van der Waals surface area (Å²) in [7, 11) is 0. The molecular weight excluding hydrogens is 357 g/mol. The fourth-order valence-corrected chi connectivity index (χ4v) is 3.19. The van der Waals surface area contributed by atoms with E-state index in [0.29, 0.717) is 18.0 Å². The van der Waals surface area contributed by atoms with Gasteiger partial charge in [0.1, 0.15) is 0 Å². The monoisotopic (exact) mass is 397 g/mol. The summed E-state index contributed by atoms with van der Waals surface area (Å²) in [5, 5.41) is 7.43. The molecule has 0 aromatic heterocycles. The van der Waals surface area contributed by atoms with Crippen LogP contribution in [0, 0.1) is 5.41 Å². The summed E-state index contributed by atoms with van der Waals surface area (Å²) in [4.78, 5) is 6.31. The van der Waals surface area contributed by atoms with Gasteiger partial charge < -0.3 is 16.4 Å². The van der Waals surface area contributed by atoms with E-state index in [2.05, 4.69) is 37.6 Å². The number of guanidine groups is 2. The number of rotatable bonds is 12. The van der Waals surface area contributed by atoms with Crippen LogP contribution < -0.4 is 11.5 Å². The Kier molecular flexibility index (Phi) is 21.1. The Morgan fingerprint density at radius 1 is 0.840 bits per heavy atom. The van der Waals surface area contributed by atoms with Crippen LogP contribution in [0.5, 0.6) is 0 Å². The van der Waals surface area contributed by atoms with E-state index in [1.165, 1.54) is 38.5 Å². The van der Waals surface area contributed by atoms with E-state index in [-0.39, 0.29) is 30.8 Å². The molecule has 0 spiro atoms. The van der Waals surface area contributed by atoms with E-state index in [9.17, 15) is 0 Å². The number of nitrogens with one attached hydrogen (secondary N) is 1. The number of halogens is 2. The Hall–Kier alpha value is -0.680. The van der Waals surface area contributed by atoms with Crippen LogP contribution in [0.4, 0.5) is 0 Å². The van der Waals surface area contributed by atoms with Crippen LogP contribution in [0.15, 0.2) is 4.99 Å². The first kappa shape index (κ1) is 29.1. The highest BCUT2D eigenvalue weighted by Crippen LogP contribution is 2.21. The maximum absolute atomic E-state index is 7.43. The van der Waals surface area contributed by atoms with Crippen molar-refractivity contribution in [1.82, 2.24) is 4.90 Å². The second-order valence-electron chi connectivity index (χ2n) is 6.38. The first-order valence-electron chi connectivity index (χ1n) is 9.48. The van der Waals surface area contributed by atoms with Crippen molar-refractivity contribution < 1.29 is 0 Å². The molecule has 7 heteroatoms. The van der Waals surface area contributed by atoms with Gasteiger partial charge in [0.15, 0.2) is 5.96 Å². The Bertz CT molecular complexity index is 332. The van der Waals surface area contributed by atoms with E-state index in [4.69, 9.17) is 16.9 Å². The zero-order chi connectivity index (χ0) is 17.7. The van der Waals surface area contributed by atoms with Crippen LogP contribution in [0.2, 0.25) is 0 Å². The van der Waals surface area contributed by atoms with Gasteiger partial charge in [0, 0.05) is 12.1 Å². The number of nitrogens with zero attached hydrogens (tertiary/aromatic N) is 2. The molecule has 5 N–H and O–H groups in total. The highest BCUT2D eigenvalue weighted by Gasteiger charge is 2.25. The van der Waals surface area contributed by atoms with E-state index >= 15 is 0 Å². The average molecular weight is 398 g/mol. The van der Waals surface area contributed by atoms with Gasteiger partial charge in [-0.1, -0.05) is 66.2 Å². The molecule has 0 aliphatic rings. The number of unbranched alkanes of at least 4 members (excludes halogenated alkanes) is 4. The second kappa shape index (κ2) is 18.1. The third kappa shape index (κ3) is 12.3. The number of hydrogen-bond donors (Lipinski definition) is 3. The molecule has 0 radical (unpaired) electrons. The topological polar surface area (TPSA) is 91.5 Å². The molecule has 0 saturated heterocycles. The molecule has 0 aromatic carbocycles. The standard InChI is InChI=1S/C18H39N5.2ClH/c1-5-9-11-13-15(7-3)23(18(21)22-17(19)20)16(8-4)14-12-10-6-2;;/h15-16H,5-14H2,1-4H3,(H5,19,20,21,22);2*1H. The summed E-state index contributed by atoms with van der Waals surface area (Å²) in [6.45, 7) is 8.88. The van der Waals surface area contributed by atoms with Crippen LogP contribution in [0.25, 0.3) is 0 Å². The quantitative estimate of drug-likeness (QED) is 0.244. The number of aliphatic imine (C=N–C) groups is 1. The molecule has 0 saturated carbocycles. The van der Waals surface area contributed by atoms with Gasteiger partial charge in [0.05, 0.1) is 0 Å². The molecule has 0 aliphatic carbocycles. The normalized spacial score (nSPS) is 13.4. The number of nitrogens with two attached hydrogens (primary N) is 2. The summed E-state index contributed by atoms with van der Waals surface area (Å²) in [6, 6.07) is 0.771. The molecule has 25 heavy (non-hydrogen) atoms. The van der Waals surface area contributed by atoms with Crippen LogP contribution in [0.1, 0.15) is 91.9 Å². The van der Waals surface area contributed by atoms with Gasteiger partial charge in [0.2, 0.25) is 5.96 Å². The van der Waals surface area contributed by atoms with Crippen LogP contribution in [-0.4, -0.2) is 28.9 Å². The Morgan fingerprint density at radius 3 is 1.52 bits per heavy atom. The molecule has 0 heterocycles. The van der Waals surface area contributed by atoms with Gasteiger partial charge in [0.25, 0.3) is 0 Å². The van der Waals surface area contributed by atoms with Crippen molar-refractivity contribution in [2.24, 2.45) is 16.5 Å². The van der Waals surface area contributed by atoms with Gasteiger partial charge in [-0.3, -0.25) is 5.41 Å². The Morgan fingerprint density at radius 2 is 1.24 bits per heavy atom. The molecule has 2 unspecified atom stereocenters.